The molecule has 0 radical (unpaired) electrons. The molecule has 0 bridgehead atoms. The van der Waals surface area contributed by atoms with Crippen LogP contribution in [0.15, 0.2) is 31.1 Å². The molecule has 2 aromatic rings. The molecule has 6 nitrogen and oxygen atoms in total. The van der Waals surface area contributed by atoms with E-state index in [4.69, 9.17) is 11.5 Å². The molecule has 0 atom stereocenters. The molecule has 1 aromatic heterocycles. The standard InChI is InChI=1S/C12H13N5O/c1-2-3-10-15-6-16-12(17-10)11-8(14)4-7(13)5-9(11)18/h2,4-6,18H,1,3,13-14H2. The number of nitrogen functional groups attached to an aromatic ring is 2. The lowest BCUT2D eigenvalue weighted by Gasteiger charge is -2.08. The molecule has 1 aromatic carbocycles. The molecule has 18 heavy (non-hydrogen) atoms. The smallest absolute Gasteiger partial charge is 0.168 e. The molecule has 0 aliphatic heterocycles. The Morgan fingerprint density at radius 2 is 2.06 bits per heavy atom. The highest BCUT2D eigenvalue weighted by Crippen LogP contribution is 2.34. The quantitative estimate of drug-likeness (QED) is 0.550. The highest BCUT2D eigenvalue weighted by atomic mass is 16.3. The minimum Gasteiger partial charge on any atom is -0.507 e. The monoisotopic (exact) mass is 243 g/mol. The van der Waals surface area contributed by atoms with Crippen molar-refractivity contribution in [2.24, 2.45) is 0 Å². The van der Waals surface area contributed by atoms with E-state index in [1.165, 1.54) is 12.4 Å². The van der Waals surface area contributed by atoms with Gasteiger partial charge in [0, 0.05) is 23.9 Å². The summed E-state index contributed by atoms with van der Waals surface area (Å²) in [5, 5.41) is 9.87. The van der Waals surface area contributed by atoms with E-state index in [1.807, 2.05) is 0 Å². The molecule has 0 unspecified atom stereocenters. The maximum Gasteiger partial charge on any atom is 0.168 e. The van der Waals surface area contributed by atoms with Gasteiger partial charge in [0.1, 0.15) is 17.9 Å². The summed E-state index contributed by atoms with van der Waals surface area (Å²) in [6, 6.07) is 2.95. The van der Waals surface area contributed by atoms with Crippen LogP contribution in [0.1, 0.15) is 5.82 Å². The van der Waals surface area contributed by atoms with Crippen molar-refractivity contribution >= 4 is 11.4 Å². The van der Waals surface area contributed by atoms with E-state index in [0.717, 1.165) is 0 Å². The zero-order valence-corrected chi connectivity index (χ0v) is 9.67. The predicted molar refractivity (Wildman–Crippen MR) is 69.7 cm³/mol. The van der Waals surface area contributed by atoms with E-state index in [9.17, 15) is 5.11 Å². The number of hydrogen-bond donors (Lipinski definition) is 3. The van der Waals surface area contributed by atoms with E-state index in [0.29, 0.717) is 35.0 Å². The van der Waals surface area contributed by atoms with Crippen LogP contribution in [0.4, 0.5) is 11.4 Å². The van der Waals surface area contributed by atoms with Gasteiger partial charge in [0.2, 0.25) is 0 Å². The van der Waals surface area contributed by atoms with E-state index in [1.54, 1.807) is 12.1 Å². The second-order valence-corrected chi connectivity index (χ2v) is 3.72. The van der Waals surface area contributed by atoms with Gasteiger partial charge in [-0.05, 0) is 6.07 Å². The third-order valence-corrected chi connectivity index (χ3v) is 2.34. The summed E-state index contributed by atoms with van der Waals surface area (Å²) in [5.41, 5.74) is 12.5. The van der Waals surface area contributed by atoms with Crippen molar-refractivity contribution < 1.29 is 5.11 Å². The van der Waals surface area contributed by atoms with E-state index >= 15 is 0 Å². The fourth-order valence-electron chi connectivity index (χ4n) is 1.59. The third kappa shape index (κ3) is 2.22. The number of phenols is 1. The Bertz CT molecular complexity index is 574. The van der Waals surface area contributed by atoms with Gasteiger partial charge in [-0.1, -0.05) is 6.08 Å². The first-order valence-electron chi connectivity index (χ1n) is 5.29. The minimum atomic E-state index is -0.0525. The van der Waals surface area contributed by atoms with Crippen LogP contribution in [0.5, 0.6) is 5.75 Å². The summed E-state index contributed by atoms with van der Waals surface area (Å²) in [4.78, 5) is 12.2. The Hall–Kier alpha value is -2.63. The van der Waals surface area contributed by atoms with Gasteiger partial charge in [0.25, 0.3) is 0 Å². The van der Waals surface area contributed by atoms with Gasteiger partial charge >= 0.3 is 0 Å². The van der Waals surface area contributed by atoms with Crippen molar-refractivity contribution in [3.8, 4) is 17.1 Å². The van der Waals surface area contributed by atoms with Crippen molar-refractivity contribution in [3.05, 3.63) is 36.9 Å². The predicted octanol–water partition coefficient (Wildman–Crippen LogP) is 1.14. The Morgan fingerprint density at radius 1 is 1.28 bits per heavy atom. The first-order chi connectivity index (χ1) is 8.61. The first kappa shape index (κ1) is 11.8. The maximum atomic E-state index is 9.87. The number of rotatable bonds is 3. The Morgan fingerprint density at radius 3 is 2.72 bits per heavy atom. The molecular formula is C12H13N5O. The van der Waals surface area contributed by atoms with Crippen molar-refractivity contribution in [1.29, 1.82) is 0 Å². The summed E-state index contributed by atoms with van der Waals surface area (Å²) >= 11 is 0. The molecule has 0 saturated heterocycles. The van der Waals surface area contributed by atoms with Crippen molar-refractivity contribution in [2.45, 2.75) is 6.42 Å². The maximum absolute atomic E-state index is 9.87. The second kappa shape index (κ2) is 4.70. The van der Waals surface area contributed by atoms with E-state index in [-0.39, 0.29) is 5.75 Å². The number of nitrogens with zero attached hydrogens (tertiary/aromatic N) is 3. The fourth-order valence-corrected chi connectivity index (χ4v) is 1.59. The highest BCUT2D eigenvalue weighted by Gasteiger charge is 2.13. The molecule has 0 fully saturated rings. The van der Waals surface area contributed by atoms with E-state index < -0.39 is 0 Å². The number of allylic oxidation sites excluding steroid dienone is 1. The van der Waals surface area contributed by atoms with Crippen LogP contribution in [0.25, 0.3) is 11.4 Å². The normalized spacial score (nSPS) is 10.2. The van der Waals surface area contributed by atoms with Crippen LogP contribution in [0.3, 0.4) is 0 Å². The summed E-state index contributed by atoms with van der Waals surface area (Å²) < 4.78 is 0. The van der Waals surface area contributed by atoms with Gasteiger partial charge in [-0.15, -0.1) is 6.58 Å². The van der Waals surface area contributed by atoms with Crippen molar-refractivity contribution in [1.82, 2.24) is 15.0 Å². The average Bonchev–Trinajstić information content (AvgIpc) is 2.28. The number of nitrogens with two attached hydrogens (primary N) is 2. The van der Waals surface area contributed by atoms with Crippen LogP contribution < -0.4 is 11.5 Å². The fraction of sp³-hybridized carbons (Fsp3) is 0.0833. The average molecular weight is 243 g/mol. The van der Waals surface area contributed by atoms with Crippen molar-refractivity contribution in [2.75, 3.05) is 11.5 Å². The molecule has 2 rings (SSSR count). The lowest BCUT2D eigenvalue weighted by Crippen LogP contribution is -2.01. The molecule has 0 aliphatic carbocycles. The molecule has 6 heteroatoms. The third-order valence-electron chi connectivity index (χ3n) is 2.34. The minimum absolute atomic E-state index is 0.0525. The number of benzene rings is 1. The van der Waals surface area contributed by atoms with Crippen LogP contribution in [-0.4, -0.2) is 20.1 Å². The molecule has 0 spiro atoms. The SMILES string of the molecule is C=CCc1ncnc(-c2c(N)cc(N)cc2O)n1. The van der Waals surface area contributed by atoms with Crippen LogP contribution in [0.2, 0.25) is 0 Å². The Balaban J connectivity index is 2.54. The van der Waals surface area contributed by atoms with Crippen LogP contribution >= 0.6 is 0 Å². The lowest BCUT2D eigenvalue weighted by atomic mass is 10.1. The van der Waals surface area contributed by atoms with Gasteiger partial charge in [0.15, 0.2) is 5.82 Å². The summed E-state index contributed by atoms with van der Waals surface area (Å²) in [7, 11) is 0. The van der Waals surface area contributed by atoms with Gasteiger partial charge in [0.05, 0.1) is 5.56 Å². The molecule has 92 valence electrons. The first-order valence-corrected chi connectivity index (χ1v) is 5.29. The molecule has 5 N–H and O–H groups in total. The molecule has 0 amide bonds. The largest absolute Gasteiger partial charge is 0.507 e. The molecule has 0 aliphatic rings. The van der Waals surface area contributed by atoms with Gasteiger partial charge < -0.3 is 16.6 Å². The molecule has 1 heterocycles. The zero-order chi connectivity index (χ0) is 13.1. The molecular weight excluding hydrogens is 230 g/mol. The number of aromatic nitrogens is 3. The zero-order valence-electron chi connectivity index (χ0n) is 9.67. The highest BCUT2D eigenvalue weighted by molar-refractivity contribution is 5.80. The second-order valence-electron chi connectivity index (χ2n) is 3.72. The number of phenolic OH excluding ortho intramolecular Hbond substituents is 1. The topological polar surface area (TPSA) is 111 Å². The number of aromatic hydroxyl groups is 1. The van der Waals surface area contributed by atoms with E-state index in [2.05, 4.69) is 21.5 Å². The van der Waals surface area contributed by atoms with Gasteiger partial charge in [-0.3, -0.25) is 0 Å². The summed E-state index contributed by atoms with van der Waals surface area (Å²) in [5.74, 6) is 0.825. The van der Waals surface area contributed by atoms with Crippen LogP contribution in [-0.2, 0) is 6.42 Å². The van der Waals surface area contributed by atoms with Crippen molar-refractivity contribution in [3.63, 3.8) is 0 Å². The number of hydrogen-bond acceptors (Lipinski definition) is 6. The van der Waals surface area contributed by atoms with Gasteiger partial charge in [-0.25, -0.2) is 15.0 Å². The summed E-state index contributed by atoms with van der Waals surface area (Å²) in [6.45, 7) is 3.61. The lowest BCUT2D eigenvalue weighted by molar-refractivity contribution is 0.477. The molecule has 0 saturated carbocycles. The Kier molecular flexibility index (Phi) is 3.09. The van der Waals surface area contributed by atoms with Crippen LogP contribution in [0, 0.1) is 0 Å². The Labute approximate surface area is 104 Å². The van der Waals surface area contributed by atoms with Gasteiger partial charge in [-0.2, -0.15) is 0 Å². The summed E-state index contributed by atoms with van der Waals surface area (Å²) in [6.07, 6.45) is 3.58. The number of anilines is 2.